The van der Waals surface area contributed by atoms with E-state index in [4.69, 9.17) is 9.47 Å². The first-order valence-corrected chi connectivity index (χ1v) is 7.50. The molecule has 0 aliphatic carbocycles. The Kier molecular flexibility index (Phi) is 3.81. The molecular formula is C16H21NO3. The Labute approximate surface area is 119 Å². The Morgan fingerprint density at radius 2 is 2.05 bits per heavy atom. The van der Waals surface area contributed by atoms with Crippen molar-refractivity contribution in [3.63, 3.8) is 0 Å². The van der Waals surface area contributed by atoms with E-state index in [1.54, 1.807) is 0 Å². The molecule has 0 N–H and O–H groups in total. The van der Waals surface area contributed by atoms with Gasteiger partial charge in [0.05, 0.1) is 0 Å². The number of amides is 1. The molecule has 2 aliphatic heterocycles. The average Bonchev–Trinajstić information content (AvgIpc) is 2.53. The minimum Gasteiger partial charge on any atom is -0.486 e. The van der Waals surface area contributed by atoms with Gasteiger partial charge in [0.1, 0.15) is 13.2 Å². The molecule has 0 saturated carbocycles. The van der Waals surface area contributed by atoms with Gasteiger partial charge in [0.2, 0.25) is 0 Å². The summed E-state index contributed by atoms with van der Waals surface area (Å²) in [6, 6.07) is 5.88. The summed E-state index contributed by atoms with van der Waals surface area (Å²) < 4.78 is 11.1. The molecule has 108 valence electrons. The lowest BCUT2D eigenvalue weighted by atomic mass is 9.99. The van der Waals surface area contributed by atoms with E-state index in [1.165, 1.54) is 6.42 Å². The summed E-state index contributed by atoms with van der Waals surface area (Å²) in [6.45, 7) is 4.14. The molecule has 2 aliphatic rings. The van der Waals surface area contributed by atoms with E-state index in [0.29, 0.717) is 30.6 Å². The zero-order valence-electron chi connectivity index (χ0n) is 11.9. The maximum absolute atomic E-state index is 12.7. The van der Waals surface area contributed by atoms with Crippen LogP contribution in [0.25, 0.3) is 0 Å². The van der Waals surface area contributed by atoms with Gasteiger partial charge < -0.3 is 14.4 Å². The maximum atomic E-state index is 12.7. The summed E-state index contributed by atoms with van der Waals surface area (Å²) in [5, 5.41) is 0. The smallest absolute Gasteiger partial charge is 0.254 e. The predicted molar refractivity (Wildman–Crippen MR) is 76.4 cm³/mol. The van der Waals surface area contributed by atoms with Gasteiger partial charge in [0.25, 0.3) is 5.91 Å². The minimum atomic E-state index is 0.119. The monoisotopic (exact) mass is 275 g/mol. The number of ether oxygens (including phenoxy) is 2. The molecule has 0 radical (unpaired) electrons. The quantitative estimate of drug-likeness (QED) is 0.833. The fourth-order valence-corrected chi connectivity index (χ4v) is 3.03. The lowest BCUT2D eigenvalue weighted by Gasteiger charge is -2.35. The van der Waals surface area contributed by atoms with Crippen molar-refractivity contribution < 1.29 is 14.3 Å². The molecule has 1 fully saturated rings. The fraction of sp³-hybridized carbons (Fsp3) is 0.562. The third-order valence-electron chi connectivity index (χ3n) is 4.15. The van der Waals surface area contributed by atoms with Gasteiger partial charge in [-0.05, 0) is 43.9 Å². The first-order valence-electron chi connectivity index (χ1n) is 7.50. The summed E-state index contributed by atoms with van der Waals surface area (Å²) in [4.78, 5) is 14.7. The molecule has 0 bridgehead atoms. The normalized spacial score (nSPS) is 21.6. The number of hydrogen-bond donors (Lipinski definition) is 0. The molecule has 1 aromatic rings. The van der Waals surface area contributed by atoms with Crippen LogP contribution in [0, 0.1) is 0 Å². The Hall–Kier alpha value is -1.71. The maximum Gasteiger partial charge on any atom is 0.254 e. The molecule has 0 unspecified atom stereocenters. The molecule has 3 rings (SSSR count). The van der Waals surface area contributed by atoms with E-state index in [1.807, 2.05) is 23.1 Å². The van der Waals surface area contributed by atoms with Gasteiger partial charge in [0, 0.05) is 18.2 Å². The van der Waals surface area contributed by atoms with Crippen molar-refractivity contribution in [2.24, 2.45) is 0 Å². The van der Waals surface area contributed by atoms with Crippen LogP contribution in [0.5, 0.6) is 11.5 Å². The second-order valence-electron chi connectivity index (χ2n) is 5.41. The predicted octanol–water partition coefficient (Wildman–Crippen LogP) is 2.86. The molecule has 4 heteroatoms. The molecule has 1 aromatic carbocycles. The van der Waals surface area contributed by atoms with Gasteiger partial charge in [-0.25, -0.2) is 0 Å². The van der Waals surface area contributed by atoms with Crippen molar-refractivity contribution in [3.05, 3.63) is 23.8 Å². The van der Waals surface area contributed by atoms with Gasteiger partial charge in [-0.3, -0.25) is 4.79 Å². The van der Waals surface area contributed by atoms with E-state index < -0.39 is 0 Å². The summed E-state index contributed by atoms with van der Waals surface area (Å²) in [6.07, 6.45) is 4.47. The molecule has 4 nitrogen and oxygen atoms in total. The molecule has 2 heterocycles. The molecular weight excluding hydrogens is 254 g/mol. The average molecular weight is 275 g/mol. The van der Waals surface area contributed by atoms with E-state index in [9.17, 15) is 4.79 Å². The van der Waals surface area contributed by atoms with Crippen molar-refractivity contribution in [1.82, 2.24) is 4.90 Å². The number of likely N-dealkylation sites (tertiary alicyclic amines) is 1. The van der Waals surface area contributed by atoms with Crippen molar-refractivity contribution in [2.45, 2.75) is 38.6 Å². The summed E-state index contributed by atoms with van der Waals surface area (Å²) in [7, 11) is 0. The summed E-state index contributed by atoms with van der Waals surface area (Å²) in [5.41, 5.74) is 0.703. The number of benzene rings is 1. The highest BCUT2D eigenvalue weighted by Gasteiger charge is 2.27. The number of hydrogen-bond acceptors (Lipinski definition) is 3. The van der Waals surface area contributed by atoms with E-state index >= 15 is 0 Å². The van der Waals surface area contributed by atoms with Crippen LogP contribution < -0.4 is 9.47 Å². The zero-order valence-corrected chi connectivity index (χ0v) is 11.9. The highest BCUT2D eigenvalue weighted by atomic mass is 16.6. The summed E-state index contributed by atoms with van der Waals surface area (Å²) >= 11 is 0. The van der Waals surface area contributed by atoms with Crippen LogP contribution in [-0.4, -0.2) is 36.6 Å². The lowest BCUT2D eigenvalue weighted by molar-refractivity contribution is 0.0607. The number of carbonyl (C=O) groups excluding carboxylic acids is 1. The first kappa shape index (κ1) is 13.3. The largest absolute Gasteiger partial charge is 0.486 e. The van der Waals surface area contributed by atoms with Crippen LogP contribution in [0.3, 0.4) is 0 Å². The third-order valence-corrected chi connectivity index (χ3v) is 4.15. The van der Waals surface area contributed by atoms with Crippen molar-refractivity contribution >= 4 is 5.91 Å². The van der Waals surface area contributed by atoms with Crippen molar-refractivity contribution in [1.29, 1.82) is 0 Å². The topological polar surface area (TPSA) is 38.8 Å². The zero-order chi connectivity index (χ0) is 13.9. The highest BCUT2D eigenvalue weighted by Crippen LogP contribution is 2.32. The number of fused-ring (bicyclic) bond motifs is 1. The first-order chi connectivity index (χ1) is 9.79. The van der Waals surface area contributed by atoms with Gasteiger partial charge in [0.15, 0.2) is 11.5 Å². The van der Waals surface area contributed by atoms with Crippen molar-refractivity contribution in [2.75, 3.05) is 19.8 Å². The van der Waals surface area contributed by atoms with Crippen LogP contribution in [-0.2, 0) is 0 Å². The Bertz CT molecular complexity index is 500. The standard InChI is InChI=1S/C16H21NO3/c1-2-13-5-3-4-8-17(13)16(18)12-6-7-14-15(11-12)20-10-9-19-14/h6-7,11,13H,2-5,8-10H2,1H3/t13-/m0/s1. The number of carbonyl (C=O) groups is 1. The molecule has 0 aromatic heterocycles. The highest BCUT2D eigenvalue weighted by molar-refractivity contribution is 5.95. The van der Waals surface area contributed by atoms with Gasteiger partial charge >= 0.3 is 0 Å². The van der Waals surface area contributed by atoms with E-state index in [0.717, 1.165) is 31.6 Å². The molecule has 1 saturated heterocycles. The van der Waals surface area contributed by atoms with Crippen LogP contribution in [0.15, 0.2) is 18.2 Å². The number of nitrogens with zero attached hydrogens (tertiary/aromatic N) is 1. The van der Waals surface area contributed by atoms with Crippen LogP contribution in [0.1, 0.15) is 43.0 Å². The Morgan fingerprint density at radius 3 is 2.85 bits per heavy atom. The Morgan fingerprint density at radius 1 is 1.25 bits per heavy atom. The molecule has 1 amide bonds. The molecule has 0 spiro atoms. The van der Waals surface area contributed by atoms with E-state index in [-0.39, 0.29) is 5.91 Å². The van der Waals surface area contributed by atoms with Crippen LogP contribution in [0.4, 0.5) is 0 Å². The second kappa shape index (κ2) is 5.73. The van der Waals surface area contributed by atoms with Gasteiger partial charge in [-0.2, -0.15) is 0 Å². The lowest BCUT2D eigenvalue weighted by Crippen LogP contribution is -2.43. The van der Waals surface area contributed by atoms with Crippen molar-refractivity contribution in [3.8, 4) is 11.5 Å². The number of rotatable bonds is 2. The van der Waals surface area contributed by atoms with Gasteiger partial charge in [-0.1, -0.05) is 6.92 Å². The van der Waals surface area contributed by atoms with E-state index in [2.05, 4.69) is 6.92 Å². The minimum absolute atomic E-state index is 0.119. The molecule has 1 atom stereocenters. The van der Waals surface area contributed by atoms with Crippen LogP contribution in [0.2, 0.25) is 0 Å². The fourth-order valence-electron chi connectivity index (χ4n) is 3.03. The molecule has 20 heavy (non-hydrogen) atoms. The Balaban J connectivity index is 1.82. The van der Waals surface area contributed by atoms with Gasteiger partial charge in [-0.15, -0.1) is 0 Å². The van der Waals surface area contributed by atoms with Crippen LogP contribution >= 0.6 is 0 Å². The number of piperidine rings is 1. The SMILES string of the molecule is CC[C@H]1CCCCN1C(=O)c1ccc2c(c1)OCCO2. The third kappa shape index (κ3) is 2.47. The summed E-state index contributed by atoms with van der Waals surface area (Å²) in [5.74, 6) is 1.54. The second-order valence-corrected chi connectivity index (χ2v) is 5.41.